The van der Waals surface area contributed by atoms with Gasteiger partial charge in [-0.2, -0.15) is 0 Å². The van der Waals surface area contributed by atoms with E-state index in [1.165, 1.54) is 170 Å². The van der Waals surface area contributed by atoms with Crippen molar-refractivity contribution in [1.82, 2.24) is 0 Å². The minimum Gasteiger partial charge on any atom is -0.399 e. The van der Waals surface area contributed by atoms with Crippen LogP contribution in [0.15, 0.2) is 84.9 Å². The average Bonchev–Trinajstić information content (AvgIpc) is 3.17. The van der Waals surface area contributed by atoms with Gasteiger partial charge in [-0.3, -0.25) is 0 Å². The molecule has 53 heavy (non-hydrogen) atoms. The third-order valence-electron chi connectivity index (χ3n) is 11.3. The van der Waals surface area contributed by atoms with Gasteiger partial charge in [0.05, 0.1) is 0 Å². The molecule has 2 nitrogen and oxygen atoms in total. The van der Waals surface area contributed by atoms with Gasteiger partial charge in [0.15, 0.2) is 0 Å². The third kappa shape index (κ3) is 17.0. The predicted molar refractivity (Wildman–Crippen MR) is 234 cm³/mol. The van der Waals surface area contributed by atoms with E-state index < -0.39 is 0 Å². The number of anilines is 2. The van der Waals surface area contributed by atoms with Gasteiger partial charge in [-0.25, -0.2) is 0 Å². The summed E-state index contributed by atoms with van der Waals surface area (Å²) in [5, 5.41) is 0. The fourth-order valence-corrected chi connectivity index (χ4v) is 7.94. The normalized spacial score (nSPS) is 11.4. The van der Waals surface area contributed by atoms with E-state index in [1.54, 1.807) is 22.3 Å². The molecule has 0 spiro atoms. The fraction of sp³-hybridized carbons (Fsp3) is 0.529. The largest absolute Gasteiger partial charge is 0.399 e. The van der Waals surface area contributed by atoms with Gasteiger partial charge in [0.2, 0.25) is 0 Å². The monoisotopic (exact) mass is 715 g/mol. The lowest BCUT2D eigenvalue weighted by atomic mass is 9.93. The van der Waals surface area contributed by atoms with Crippen LogP contribution in [0.4, 0.5) is 11.4 Å². The van der Waals surface area contributed by atoms with Crippen molar-refractivity contribution >= 4 is 11.4 Å². The summed E-state index contributed by atoms with van der Waals surface area (Å²) in [6.45, 7) is 4.60. The van der Waals surface area contributed by atoms with Crippen molar-refractivity contribution in [1.29, 1.82) is 0 Å². The van der Waals surface area contributed by atoms with Crippen LogP contribution in [0.2, 0.25) is 0 Å². The average molecular weight is 715 g/mol. The number of hydrogen-bond acceptors (Lipinski definition) is 2. The molecule has 0 saturated carbocycles. The molecule has 4 aromatic rings. The fourth-order valence-electron chi connectivity index (χ4n) is 7.94. The van der Waals surface area contributed by atoms with Crippen LogP contribution in [0.25, 0.3) is 0 Å². The molecule has 0 atom stereocenters. The molecule has 0 amide bonds. The Hall–Kier alpha value is -3.52. The van der Waals surface area contributed by atoms with Gasteiger partial charge < -0.3 is 11.5 Å². The molecule has 0 bridgehead atoms. The van der Waals surface area contributed by atoms with Gasteiger partial charge in [0.25, 0.3) is 0 Å². The Morgan fingerprint density at radius 2 is 0.585 bits per heavy atom. The molecular weight excluding hydrogens is 641 g/mol. The van der Waals surface area contributed by atoms with Crippen LogP contribution < -0.4 is 11.5 Å². The highest BCUT2D eigenvalue weighted by Gasteiger charge is 2.08. The maximum absolute atomic E-state index is 5.89. The van der Waals surface area contributed by atoms with Gasteiger partial charge >= 0.3 is 0 Å². The van der Waals surface area contributed by atoms with Gasteiger partial charge in [-0.05, 0) is 133 Å². The second-order valence-electron chi connectivity index (χ2n) is 16.1. The molecule has 2 heteroatoms. The Morgan fingerprint density at radius 3 is 0.906 bits per heavy atom. The first kappa shape index (κ1) is 42.2. The Kier molecular flexibility index (Phi) is 20.3. The summed E-state index contributed by atoms with van der Waals surface area (Å²) < 4.78 is 0. The van der Waals surface area contributed by atoms with E-state index in [1.807, 2.05) is 24.3 Å². The summed E-state index contributed by atoms with van der Waals surface area (Å²) >= 11 is 0. The minimum atomic E-state index is 0.841. The Balaban J connectivity index is 0.984. The Labute approximate surface area is 325 Å². The molecule has 0 aromatic heterocycles. The molecule has 4 N–H and O–H groups in total. The maximum Gasteiger partial charge on any atom is 0.0314 e. The van der Waals surface area contributed by atoms with Gasteiger partial charge in [-0.15, -0.1) is 0 Å². The molecule has 0 saturated heterocycles. The summed E-state index contributed by atoms with van der Waals surface area (Å²) in [7, 11) is 0. The van der Waals surface area contributed by atoms with E-state index in [9.17, 15) is 0 Å². The van der Waals surface area contributed by atoms with Crippen LogP contribution in [0.3, 0.4) is 0 Å². The Morgan fingerprint density at radius 1 is 0.302 bits per heavy atom. The molecule has 0 unspecified atom stereocenters. The highest BCUT2D eigenvalue weighted by atomic mass is 14.5. The van der Waals surface area contributed by atoms with Crippen LogP contribution in [0.1, 0.15) is 180 Å². The SMILES string of the molecule is CCCCc1cc(Cc2ccc(N)cc2)ccc1CCCCCCCCCCCCCCCCCc1ccc(Cc2ccc(N)cc2)cc1CCCC. The highest BCUT2D eigenvalue weighted by molar-refractivity contribution is 5.43. The molecule has 0 fully saturated rings. The number of hydrogen-bond donors (Lipinski definition) is 2. The second kappa shape index (κ2) is 25.5. The zero-order valence-electron chi connectivity index (χ0n) is 33.9. The summed E-state index contributed by atoms with van der Waals surface area (Å²) in [4.78, 5) is 0. The van der Waals surface area contributed by atoms with Gasteiger partial charge in [0.1, 0.15) is 0 Å². The molecule has 0 aliphatic heterocycles. The van der Waals surface area contributed by atoms with E-state index in [0.717, 1.165) is 24.2 Å². The van der Waals surface area contributed by atoms with Crippen molar-refractivity contribution in [3.63, 3.8) is 0 Å². The van der Waals surface area contributed by atoms with Crippen molar-refractivity contribution in [2.75, 3.05) is 11.5 Å². The van der Waals surface area contributed by atoms with Crippen molar-refractivity contribution in [2.24, 2.45) is 0 Å². The smallest absolute Gasteiger partial charge is 0.0314 e. The summed E-state index contributed by atoms with van der Waals surface area (Å²) in [5.74, 6) is 0. The summed E-state index contributed by atoms with van der Waals surface area (Å²) in [5.41, 5.74) is 25.3. The van der Waals surface area contributed by atoms with E-state index >= 15 is 0 Å². The van der Waals surface area contributed by atoms with Crippen molar-refractivity contribution < 1.29 is 0 Å². The molecule has 0 aliphatic rings. The number of benzene rings is 4. The molecule has 288 valence electrons. The van der Waals surface area contributed by atoms with Crippen LogP contribution in [-0.2, 0) is 38.5 Å². The standard InChI is InChI=1S/C51H74N2/c1-3-5-22-48-40-44(38-42-28-34-50(52)35-29-42)26-32-46(48)24-20-18-16-14-12-10-8-7-9-11-13-15-17-19-21-25-47-33-27-45(41-49(47)23-6-4-2)39-43-30-36-51(53)37-31-43/h26-37,40-41H,3-25,38-39,52-53H2,1-2H3. The molecule has 4 rings (SSSR count). The molecule has 0 heterocycles. The van der Waals surface area contributed by atoms with E-state index in [2.05, 4.69) is 74.5 Å². The number of unbranched alkanes of at least 4 members (excludes halogenated alkanes) is 16. The van der Waals surface area contributed by atoms with Crippen LogP contribution in [0.5, 0.6) is 0 Å². The number of nitrogen functional groups attached to an aromatic ring is 2. The van der Waals surface area contributed by atoms with E-state index in [-0.39, 0.29) is 0 Å². The zero-order chi connectivity index (χ0) is 37.4. The molecular formula is C51H74N2. The number of rotatable bonds is 28. The molecule has 0 radical (unpaired) electrons. The molecule has 4 aromatic carbocycles. The maximum atomic E-state index is 5.89. The van der Waals surface area contributed by atoms with E-state index in [4.69, 9.17) is 11.5 Å². The van der Waals surface area contributed by atoms with Crippen LogP contribution in [0, 0.1) is 0 Å². The van der Waals surface area contributed by atoms with Crippen molar-refractivity contribution in [2.45, 2.75) is 174 Å². The first-order valence-corrected chi connectivity index (χ1v) is 21.9. The van der Waals surface area contributed by atoms with Crippen LogP contribution >= 0.6 is 0 Å². The third-order valence-corrected chi connectivity index (χ3v) is 11.3. The highest BCUT2D eigenvalue weighted by Crippen LogP contribution is 2.23. The Bertz CT molecular complexity index is 1420. The minimum absolute atomic E-state index is 0.841. The zero-order valence-corrected chi connectivity index (χ0v) is 33.9. The van der Waals surface area contributed by atoms with Crippen LogP contribution in [-0.4, -0.2) is 0 Å². The molecule has 0 aliphatic carbocycles. The van der Waals surface area contributed by atoms with Gasteiger partial charge in [0, 0.05) is 11.4 Å². The van der Waals surface area contributed by atoms with Crippen molar-refractivity contribution in [3.8, 4) is 0 Å². The first-order chi connectivity index (χ1) is 26.0. The lowest BCUT2D eigenvalue weighted by Gasteiger charge is -2.13. The summed E-state index contributed by atoms with van der Waals surface area (Å²) in [6.07, 6.45) is 33.0. The second-order valence-corrected chi connectivity index (χ2v) is 16.1. The number of aryl methyl sites for hydroxylation is 4. The lowest BCUT2D eigenvalue weighted by molar-refractivity contribution is 0.530. The number of nitrogens with two attached hydrogens (primary N) is 2. The summed E-state index contributed by atoms with van der Waals surface area (Å²) in [6, 6.07) is 31.2. The van der Waals surface area contributed by atoms with Crippen molar-refractivity contribution in [3.05, 3.63) is 129 Å². The van der Waals surface area contributed by atoms with E-state index in [0.29, 0.717) is 0 Å². The first-order valence-electron chi connectivity index (χ1n) is 21.9. The van der Waals surface area contributed by atoms with Gasteiger partial charge in [-0.1, -0.05) is 171 Å². The quantitative estimate of drug-likeness (QED) is 0.0454. The predicted octanol–water partition coefficient (Wildman–Crippen LogP) is 14.4. The lowest BCUT2D eigenvalue weighted by Crippen LogP contribution is -1.99. The topological polar surface area (TPSA) is 52.0 Å².